The molecule has 1 aliphatic rings. The van der Waals surface area contributed by atoms with E-state index < -0.39 is 28.9 Å². The lowest BCUT2D eigenvalue weighted by Gasteiger charge is -2.20. The van der Waals surface area contributed by atoms with Crippen molar-refractivity contribution in [2.24, 2.45) is 5.73 Å². The number of rotatable bonds is 2. The highest BCUT2D eigenvalue weighted by Crippen LogP contribution is 2.44. The molecule has 0 heterocycles. The van der Waals surface area contributed by atoms with E-state index in [2.05, 4.69) is 5.32 Å². The van der Waals surface area contributed by atoms with E-state index in [9.17, 15) is 13.6 Å². The number of nitrogens with two attached hydrogens (primary N) is 1. The Labute approximate surface area is 116 Å². The predicted octanol–water partition coefficient (Wildman–Crippen LogP) is 3.26. The summed E-state index contributed by atoms with van der Waals surface area (Å²) in [4.78, 5) is 11.6. The summed E-state index contributed by atoms with van der Waals surface area (Å²) in [7, 11) is 0. The molecule has 0 aromatic heterocycles. The van der Waals surface area contributed by atoms with Crippen molar-refractivity contribution in [1.82, 2.24) is 0 Å². The van der Waals surface area contributed by atoms with E-state index in [1.807, 2.05) is 0 Å². The normalized spacial score (nSPS) is 16.7. The molecule has 6 heteroatoms. The van der Waals surface area contributed by atoms with Crippen molar-refractivity contribution in [2.45, 2.75) is 44.8 Å². The van der Waals surface area contributed by atoms with E-state index in [0.29, 0.717) is 18.4 Å². The molecular formula is C14H18F2N2O2. The lowest BCUT2D eigenvalue weighted by atomic mass is 10.0. The average molecular weight is 284 g/mol. The van der Waals surface area contributed by atoms with Gasteiger partial charge in [-0.3, -0.25) is 5.32 Å². The number of ether oxygens (including phenoxy) is 1. The summed E-state index contributed by atoms with van der Waals surface area (Å²) < 4.78 is 32.3. The van der Waals surface area contributed by atoms with E-state index in [1.165, 1.54) is 6.07 Å². The number of benzene rings is 1. The van der Waals surface area contributed by atoms with Crippen molar-refractivity contribution < 1.29 is 18.3 Å². The highest BCUT2D eigenvalue weighted by molar-refractivity contribution is 5.85. The van der Waals surface area contributed by atoms with Gasteiger partial charge in [0.1, 0.15) is 5.60 Å². The zero-order chi connectivity index (χ0) is 15.1. The van der Waals surface area contributed by atoms with Crippen LogP contribution in [0.25, 0.3) is 0 Å². The zero-order valence-corrected chi connectivity index (χ0v) is 11.7. The molecule has 0 radical (unpaired) electrons. The van der Waals surface area contributed by atoms with Crippen LogP contribution in [0.2, 0.25) is 0 Å². The second-order valence-corrected chi connectivity index (χ2v) is 6.10. The van der Waals surface area contributed by atoms with E-state index in [-0.39, 0.29) is 5.69 Å². The van der Waals surface area contributed by atoms with E-state index in [1.54, 1.807) is 20.8 Å². The maximum atomic E-state index is 13.7. The Balaban J connectivity index is 2.23. The summed E-state index contributed by atoms with van der Waals surface area (Å²) in [6.07, 6.45) is 0.586. The SMILES string of the molecule is CC(C)(C)OC(=O)Nc1cc(C2(N)CC2)cc(F)c1F. The number of halogens is 2. The van der Waals surface area contributed by atoms with Crippen LogP contribution in [0.5, 0.6) is 0 Å². The summed E-state index contributed by atoms with van der Waals surface area (Å²) in [5.41, 5.74) is 4.84. The first kappa shape index (κ1) is 14.7. The van der Waals surface area contributed by atoms with Gasteiger partial charge >= 0.3 is 6.09 Å². The van der Waals surface area contributed by atoms with Crippen molar-refractivity contribution in [3.63, 3.8) is 0 Å². The van der Waals surface area contributed by atoms with Crippen LogP contribution in [0.4, 0.5) is 19.3 Å². The molecule has 1 aromatic carbocycles. The van der Waals surface area contributed by atoms with Gasteiger partial charge in [-0.15, -0.1) is 0 Å². The third kappa shape index (κ3) is 3.25. The van der Waals surface area contributed by atoms with E-state index in [4.69, 9.17) is 10.5 Å². The predicted molar refractivity (Wildman–Crippen MR) is 71.3 cm³/mol. The Morgan fingerprint density at radius 2 is 1.95 bits per heavy atom. The second-order valence-electron chi connectivity index (χ2n) is 6.10. The van der Waals surface area contributed by atoms with Crippen molar-refractivity contribution in [3.8, 4) is 0 Å². The summed E-state index contributed by atoms with van der Waals surface area (Å²) in [5, 5.41) is 2.22. The molecule has 20 heavy (non-hydrogen) atoms. The number of carbonyl (C=O) groups is 1. The number of nitrogens with one attached hydrogen (secondary N) is 1. The van der Waals surface area contributed by atoms with Gasteiger partial charge in [-0.2, -0.15) is 0 Å². The molecule has 1 amide bonds. The van der Waals surface area contributed by atoms with Gasteiger partial charge in [0.2, 0.25) is 0 Å². The molecule has 0 saturated heterocycles. The third-order valence-electron chi connectivity index (χ3n) is 3.03. The van der Waals surface area contributed by atoms with Crippen molar-refractivity contribution in [3.05, 3.63) is 29.3 Å². The molecule has 0 spiro atoms. The van der Waals surface area contributed by atoms with Gasteiger partial charge in [-0.25, -0.2) is 13.6 Å². The van der Waals surface area contributed by atoms with Crippen LogP contribution in [0.1, 0.15) is 39.2 Å². The molecule has 0 bridgehead atoms. The maximum absolute atomic E-state index is 13.7. The number of hydrogen-bond acceptors (Lipinski definition) is 3. The number of amides is 1. The highest BCUT2D eigenvalue weighted by atomic mass is 19.2. The van der Waals surface area contributed by atoms with E-state index in [0.717, 1.165) is 6.07 Å². The van der Waals surface area contributed by atoms with Gasteiger partial charge in [-0.1, -0.05) is 0 Å². The van der Waals surface area contributed by atoms with Crippen molar-refractivity contribution >= 4 is 11.8 Å². The Hall–Kier alpha value is -1.69. The minimum absolute atomic E-state index is 0.258. The van der Waals surface area contributed by atoms with Crippen LogP contribution in [0, 0.1) is 11.6 Å². The zero-order valence-electron chi connectivity index (χ0n) is 11.7. The summed E-state index contributed by atoms with van der Waals surface area (Å²) in [6.45, 7) is 5.04. The Morgan fingerprint density at radius 3 is 2.45 bits per heavy atom. The topological polar surface area (TPSA) is 64.3 Å². The number of hydrogen-bond donors (Lipinski definition) is 2. The molecule has 0 aliphatic heterocycles. The maximum Gasteiger partial charge on any atom is 0.412 e. The quantitative estimate of drug-likeness (QED) is 0.876. The van der Waals surface area contributed by atoms with E-state index >= 15 is 0 Å². The molecule has 4 nitrogen and oxygen atoms in total. The summed E-state index contributed by atoms with van der Waals surface area (Å²) >= 11 is 0. The average Bonchev–Trinajstić information content (AvgIpc) is 3.01. The molecule has 0 unspecified atom stereocenters. The Kier molecular flexibility index (Phi) is 3.46. The summed E-state index contributed by atoms with van der Waals surface area (Å²) in [5.74, 6) is -2.16. The van der Waals surface area contributed by atoms with Gasteiger partial charge in [0, 0.05) is 5.54 Å². The Morgan fingerprint density at radius 1 is 1.35 bits per heavy atom. The lowest BCUT2D eigenvalue weighted by molar-refractivity contribution is 0.0635. The van der Waals surface area contributed by atoms with Gasteiger partial charge < -0.3 is 10.5 Å². The fourth-order valence-corrected chi connectivity index (χ4v) is 1.80. The monoisotopic (exact) mass is 284 g/mol. The molecule has 1 aliphatic carbocycles. The van der Waals surface area contributed by atoms with Crippen molar-refractivity contribution in [2.75, 3.05) is 5.32 Å². The fraction of sp³-hybridized carbons (Fsp3) is 0.500. The van der Waals surface area contributed by atoms with Crippen LogP contribution in [0.15, 0.2) is 12.1 Å². The van der Waals surface area contributed by atoms with Crippen LogP contribution in [-0.2, 0) is 10.3 Å². The van der Waals surface area contributed by atoms with Gasteiger partial charge in [0.25, 0.3) is 0 Å². The molecule has 110 valence electrons. The minimum atomic E-state index is -1.12. The third-order valence-corrected chi connectivity index (χ3v) is 3.03. The van der Waals surface area contributed by atoms with Crippen LogP contribution < -0.4 is 11.1 Å². The molecule has 0 atom stereocenters. The largest absolute Gasteiger partial charge is 0.444 e. The molecule has 1 fully saturated rings. The highest BCUT2D eigenvalue weighted by Gasteiger charge is 2.41. The lowest BCUT2D eigenvalue weighted by Crippen LogP contribution is -2.28. The molecule has 1 saturated carbocycles. The molecule has 3 N–H and O–H groups in total. The fourth-order valence-electron chi connectivity index (χ4n) is 1.80. The first-order valence-electron chi connectivity index (χ1n) is 6.39. The van der Waals surface area contributed by atoms with Crippen LogP contribution >= 0.6 is 0 Å². The van der Waals surface area contributed by atoms with Gasteiger partial charge in [0.15, 0.2) is 11.6 Å². The van der Waals surface area contributed by atoms with Gasteiger partial charge in [-0.05, 0) is 51.3 Å². The van der Waals surface area contributed by atoms with Gasteiger partial charge in [0.05, 0.1) is 5.69 Å². The first-order valence-corrected chi connectivity index (χ1v) is 6.39. The van der Waals surface area contributed by atoms with Crippen LogP contribution in [0.3, 0.4) is 0 Å². The number of carbonyl (C=O) groups excluding carboxylic acids is 1. The minimum Gasteiger partial charge on any atom is -0.444 e. The van der Waals surface area contributed by atoms with Crippen LogP contribution in [-0.4, -0.2) is 11.7 Å². The van der Waals surface area contributed by atoms with Crippen molar-refractivity contribution in [1.29, 1.82) is 0 Å². The Bertz CT molecular complexity index is 549. The number of anilines is 1. The smallest absolute Gasteiger partial charge is 0.412 e. The second kappa shape index (κ2) is 4.70. The molecule has 2 rings (SSSR count). The standard InChI is InChI=1S/C14H18F2N2O2/c1-13(2,3)20-12(19)18-10-7-8(14(17)4-5-14)6-9(15)11(10)16/h6-7H,4-5,17H2,1-3H3,(H,18,19). The molecule has 1 aromatic rings. The first-order chi connectivity index (χ1) is 9.11. The summed E-state index contributed by atoms with van der Waals surface area (Å²) in [6, 6.07) is 2.43. The molecular weight excluding hydrogens is 266 g/mol.